The van der Waals surface area contributed by atoms with Gasteiger partial charge in [0, 0.05) is 0 Å². The molecule has 0 unspecified atom stereocenters. The number of rotatable bonds is 4. The third kappa shape index (κ3) is 4.39. The van der Waals surface area contributed by atoms with Crippen molar-refractivity contribution >= 4 is 10.1 Å². The fraction of sp³-hybridized carbons (Fsp3) is 0.500. The van der Waals surface area contributed by atoms with Crippen LogP contribution in [-0.2, 0) is 16.3 Å². The Kier molecular flexibility index (Phi) is 5.26. The molecule has 1 saturated heterocycles. The maximum absolute atomic E-state index is 12.4. The van der Waals surface area contributed by atoms with E-state index in [9.17, 15) is 21.6 Å². The van der Waals surface area contributed by atoms with E-state index in [1.165, 1.54) is 12.1 Å². The first kappa shape index (κ1) is 22.0. The van der Waals surface area contributed by atoms with Crippen molar-refractivity contribution in [1.82, 2.24) is 15.3 Å². The number of halogens is 3. The summed E-state index contributed by atoms with van der Waals surface area (Å²) >= 11 is 0. The highest BCUT2D eigenvalue weighted by molar-refractivity contribution is 7.85. The molecule has 31 heavy (non-hydrogen) atoms. The van der Waals surface area contributed by atoms with E-state index >= 15 is 0 Å². The van der Waals surface area contributed by atoms with E-state index in [0.29, 0.717) is 5.41 Å². The zero-order valence-electron chi connectivity index (χ0n) is 16.7. The highest BCUT2D eigenvalue weighted by Crippen LogP contribution is 2.72. The van der Waals surface area contributed by atoms with Crippen molar-refractivity contribution in [1.29, 1.82) is 0 Å². The molecule has 6 rings (SSSR count). The summed E-state index contributed by atoms with van der Waals surface area (Å²) < 4.78 is 72.4. The van der Waals surface area contributed by atoms with Crippen LogP contribution in [0.3, 0.4) is 0 Å². The van der Waals surface area contributed by atoms with Gasteiger partial charge in [-0.1, -0.05) is 17.7 Å². The van der Waals surface area contributed by atoms with Crippen molar-refractivity contribution in [3.63, 3.8) is 0 Å². The number of hydrogen-bond acceptors (Lipinski definition) is 6. The summed E-state index contributed by atoms with van der Waals surface area (Å²) in [5.74, 6) is 0.935. The molecule has 0 amide bonds. The number of alkyl halides is 3. The molecule has 0 atom stereocenters. The van der Waals surface area contributed by atoms with Crippen LogP contribution in [0.1, 0.15) is 30.5 Å². The van der Waals surface area contributed by atoms with Crippen LogP contribution in [0.25, 0.3) is 0 Å². The Balaban J connectivity index is 0.000000180. The second-order valence-corrected chi connectivity index (χ2v) is 9.98. The third-order valence-corrected chi connectivity index (χ3v) is 7.10. The molecular weight excluding hydrogens is 435 g/mol. The fourth-order valence-electron chi connectivity index (χ4n) is 4.48. The molecule has 1 aliphatic heterocycles. The van der Waals surface area contributed by atoms with Crippen LogP contribution >= 0.6 is 0 Å². The van der Waals surface area contributed by atoms with Gasteiger partial charge < -0.3 is 10.1 Å². The van der Waals surface area contributed by atoms with Crippen LogP contribution in [0, 0.1) is 18.3 Å². The molecule has 4 aliphatic rings. The normalized spacial score (nSPS) is 27.1. The topological polar surface area (TPSA) is 101 Å². The van der Waals surface area contributed by atoms with Crippen molar-refractivity contribution < 1.29 is 30.9 Å². The minimum absolute atomic E-state index is 0.0666. The van der Waals surface area contributed by atoms with Crippen LogP contribution in [0.2, 0.25) is 0 Å². The SMILES string of the molecule is Cc1ccc(S(=O)(=O)O)cc1.FC(F)(F)c1cnc(OC23CC(C4CNC4)(C2)C3)cn1. The Labute approximate surface area is 177 Å². The first-order valence-electron chi connectivity index (χ1n) is 9.74. The van der Waals surface area contributed by atoms with Gasteiger partial charge in [0.1, 0.15) is 5.60 Å². The highest BCUT2D eigenvalue weighted by Gasteiger charge is 2.73. The molecule has 2 N–H and O–H groups in total. The van der Waals surface area contributed by atoms with E-state index in [1.807, 2.05) is 6.92 Å². The number of nitrogens with one attached hydrogen (secondary N) is 1. The number of aryl methyl sites for hydroxylation is 1. The Morgan fingerprint density at radius 3 is 2.13 bits per heavy atom. The van der Waals surface area contributed by atoms with E-state index in [-0.39, 0.29) is 16.4 Å². The van der Waals surface area contributed by atoms with Gasteiger partial charge in [0.25, 0.3) is 10.1 Å². The Morgan fingerprint density at radius 1 is 1.10 bits per heavy atom. The lowest BCUT2D eigenvalue weighted by Gasteiger charge is -2.73. The number of aromatic nitrogens is 2. The Bertz CT molecular complexity index is 1030. The molecule has 3 saturated carbocycles. The molecule has 1 aromatic heterocycles. The molecular formula is C20H22F3N3O4S. The van der Waals surface area contributed by atoms with Crippen LogP contribution in [0.15, 0.2) is 41.6 Å². The lowest BCUT2D eigenvalue weighted by molar-refractivity contribution is -0.274. The first-order valence-corrected chi connectivity index (χ1v) is 11.2. The molecule has 7 nitrogen and oxygen atoms in total. The minimum Gasteiger partial charge on any atom is -0.470 e. The highest BCUT2D eigenvalue weighted by atomic mass is 32.2. The van der Waals surface area contributed by atoms with Crippen molar-refractivity contribution in [2.24, 2.45) is 11.3 Å². The van der Waals surface area contributed by atoms with E-state index in [4.69, 9.17) is 9.29 Å². The van der Waals surface area contributed by atoms with Gasteiger partial charge in [-0.05, 0) is 62.7 Å². The molecule has 0 radical (unpaired) electrons. The van der Waals surface area contributed by atoms with Gasteiger partial charge in [-0.25, -0.2) is 9.97 Å². The maximum atomic E-state index is 12.4. The fourth-order valence-corrected chi connectivity index (χ4v) is 4.96. The standard InChI is InChI=1S/C13H14F3N3O.C7H8O3S/c14-13(15,16)9-3-19-10(4-18-9)20-12-5-11(6-12,7-12)8-1-17-2-8;1-6-2-4-7(5-3-6)11(8,9)10/h3-4,8,17H,1-2,5-7H2;2-5H,1H3,(H,8,9,10). The molecule has 1 aromatic carbocycles. The predicted octanol–water partition coefficient (Wildman–Crippen LogP) is 3.26. The summed E-state index contributed by atoms with van der Waals surface area (Å²) in [5, 5.41) is 3.27. The number of ether oxygens (including phenoxy) is 1. The summed E-state index contributed by atoms with van der Waals surface area (Å²) in [4.78, 5) is 7.02. The first-order chi connectivity index (χ1) is 14.4. The summed E-state index contributed by atoms with van der Waals surface area (Å²) in [7, 11) is -4.02. The second kappa shape index (κ2) is 7.42. The van der Waals surface area contributed by atoms with E-state index < -0.39 is 22.0 Å². The van der Waals surface area contributed by atoms with Crippen LogP contribution < -0.4 is 10.1 Å². The van der Waals surface area contributed by atoms with Crippen molar-refractivity contribution in [3.05, 3.63) is 47.9 Å². The van der Waals surface area contributed by atoms with Crippen molar-refractivity contribution in [2.45, 2.75) is 42.9 Å². The summed E-state index contributed by atoms with van der Waals surface area (Å²) in [6.45, 7) is 4.00. The van der Waals surface area contributed by atoms with Crippen molar-refractivity contribution in [3.8, 4) is 5.88 Å². The lowest BCUT2D eigenvalue weighted by atomic mass is 9.36. The number of nitrogens with zero attached hydrogens (tertiary/aromatic N) is 2. The minimum atomic E-state index is -4.46. The molecule has 11 heteroatoms. The molecule has 168 valence electrons. The van der Waals surface area contributed by atoms with Gasteiger partial charge >= 0.3 is 6.18 Å². The summed E-state index contributed by atoms with van der Waals surface area (Å²) in [6.07, 6.45) is 0.329. The van der Waals surface area contributed by atoms with Gasteiger partial charge in [0.15, 0.2) is 5.69 Å². The van der Waals surface area contributed by atoms with Crippen LogP contribution in [0.5, 0.6) is 5.88 Å². The maximum Gasteiger partial charge on any atom is 0.434 e. The zero-order chi connectivity index (χ0) is 22.5. The largest absolute Gasteiger partial charge is 0.470 e. The molecule has 4 fully saturated rings. The van der Waals surface area contributed by atoms with E-state index in [2.05, 4.69) is 15.3 Å². The third-order valence-electron chi connectivity index (χ3n) is 6.23. The summed E-state index contributed by atoms with van der Waals surface area (Å²) in [6, 6.07) is 5.99. The second-order valence-electron chi connectivity index (χ2n) is 8.56. The molecule has 2 aromatic rings. The molecule has 0 spiro atoms. The lowest BCUT2D eigenvalue weighted by Crippen LogP contribution is -2.76. The van der Waals surface area contributed by atoms with Crippen LogP contribution in [-0.4, -0.2) is 41.6 Å². The Morgan fingerprint density at radius 2 is 1.71 bits per heavy atom. The van der Waals surface area contributed by atoms with Crippen molar-refractivity contribution in [2.75, 3.05) is 13.1 Å². The van der Waals surface area contributed by atoms with Gasteiger partial charge in [-0.3, -0.25) is 4.55 Å². The molecule has 2 heterocycles. The van der Waals surface area contributed by atoms with Gasteiger partial charge in [-0.2, -0.15) is 21.6 Å². The molecule has 3 aliphatic carbocycles. The van der Waals surface area contributed by atoms with Gasteiger partial charge in [0.2, 0.25) is 5.88 Å². The number of hydrogen-bond donors (Lipinski definition) is 2. The smallest absolute Gasteiger partial charge is 0.434 e. The average Bonchev–Trinajstić information content (AvgIpc) is 2.57. The number of benzene rings is 1. The van der Waals surface area contributed by atoms with E-state index in [0.717, 1.165) is 56.2 Å². The van der Waals surface area contributed by atoms with Crippen LogP contribution in [0.4, 0.5) is 13.2 Å². The monoisotopic (exact) mass is 457 g/mol. The van der Waals surface area contributed by atoms with Gasteiger partial charge in [-0.15, -0.1) is 0 Å². The van der Waals surface area contributed by atoms with Gasteiger partial charge in [0.05, 0.1) is 17.3 Å². The summed E-state index contributed by atoms with van der Waals surface area (Å²) in [5.41, 5.74) is 0.200. The molecule has 2 bridgehead atoms. The zero-order valence-corrected chi connectivity index (χ0v) is 17.5. The van der Waals surface area contributed by atoms with E-state index in [1.54, 1.807) is 12.1 Å². The Hall–Kier alpha value is -2.24. The predicted molar refractivity (Wildman–Crippen MR) is 104 cm³/mol. The average molecular weight is 457 g/mol. The quantitative estimate of drug-likeness (QED) is 0.680.